The lowest BCUT2D eigenvalue weighted by molar-refractivity contribution is 0.393. The summed E-state index contributed by atoms with van der Waals surface area (Å²) in [6.45, 7) is 8.21. The van der Waals surface area contributed by atoms with Gasteiger partial charge in [-0.15, -0.1) is 0 Å². The second-order valence-electron chi connectivity index (χ2n) is 5.78. The van der Waals surface area contributed by atoms with Gasteiger partial charge in [0.15, 0.2) is 0 Å². The smallest absolute Gasteiger partial charge is 0.106 e. The Bertz CT molecular complexity index is 569. The van der Waals surface area contributed by atoms with Crippen molar-refractivity contribution in [2.24, 2.45) is 7.05 Å². The third-order valence-corrected chi connectivity index (χ3v) is 3.74. The molecule has 0 fully saturated rings. The van der Waals surface area contributed by atoms with E-state index < -0.39 is 0 Å². The van der Waals surface area contributed by atoms with Crippen molar-refractivity contribution in [2.75, 3.05) is 13.6 Å². The Balaban J connectivity index is 2.06. The molecule has 0 radical (unpaired) electrons. The lowest BCUT2D eigenvalue weighted by Crippen LogP contribution is -2.45. The number of nitrogens with zero attached hydrogens (tertiary/aromatic N) is 2. The molecule has 0 amide bonds. The van der Waals surface area contributed by atoms with Gasteiger partial charge in [-0.25, -0.2) is 4.98 Å². The van der Waals surface area contributed by atoms with Gasteiger partial charge in [0, 0.05) is 25.7 Å². The third-order valence-electron chi connectivity index (χ3n) is 3.74. The normalized spacial score (nSPS) is 12.3. The van der Waals surface area contributed by atoms with Crippen LogP contribution in [0.15, 0.2) is 18.2 Å². The minimum absolute atomic E-state index is 0.117. The van der Waals surface area contributed by atoms with Crippen LogP contribution in [0.4, 0.5) is 0 Å². The van der Waals surface area contributed by atoms with Crippen molar-refractivity contribution in [3.05, 3.63) is 29.6 Å². The molecule has 104 valence electrons. The topological polar surface area (TPSA) is 41.9 Å². The average molecular weight is 260 g/mol. The van der Waals surface area contributed by atoms with E-state index in [1.807, 2.05) is 14.0 Å². The van der Waals surface area contributed by atoms with Crippen LogP contribution in [0, 0.1) is 6.92 Å². The van der Waals surface area contributed by atoms with Gasteiger partial charge in [0.1, 0.15) is 5.82 Å². The summed E-state index contributed by atoms with van der Waals surface area (Å²) < 4.78 is 2.12. The van der Waals surface area contributed by atoms with Crippen molar-refractivity contribution in [1.82, 2.24) is 20.2 Å². The average Bonchev–Trinajstić information content (AvgIpc) is 2.65. The molecule has 0 aliphatic heterocycles. The number of nitrogens with one attached hydrogen (secondary N) is 2. The molecular formula is C15H24N4. The predicted octanol–water partition coefficient (Wildman–Crippen LogP) is 1.97. The van der Waals surface area contributed by atoms with Gasteiger partial charge >= 0.3 is 0 Å². The molecule has 0 unspecified atom stereocenters. The Morgan fingerprint density at radius 3 is 2.74 bits per heavy atom. The molecule has 2 N–H and O–H groups in total. The van der Waals surface area contributed by atoms with Gasteiger partial charge in [0.25, 0.3) is 0 Å². The number of likely N-dealkylation sites (N-methyl/N-ethyl adjacent to an activating group) is 1. The fraction of sp³-hybridized carbons (Fsp3) is 0.533. The zero-order valence-electron chi connectivity index (χ0n) is 12.5. The van der Waals surface area contributed by atoms with Crippen LogP contribution in [-0.4, -0.2) is 28.7 Å². The first kappa shape index (κ1) is 14.0. The number of aromatic nitrogens is 2. The summed E-state index contributed by atoms with van der Waals surface area (Å²) in [7, 11) is 4.04. The molecule has 0 aliphatic carbocycles. The first-order valence-corrected chi connectivity index (χ1v) is 6.74. The zero-order valence-corrected chi connectivity index (χ0v) is 12.5. The molecule has 2 aromatic rings. The largest absolute Gasteiger partial charge is 0.331 e. The summed E-state index contributed by atoms with van der Waals surface area (Å²) >= 11 is 0. The van der Waals surface area contributed by atoms with E-state index in [1.165, 1.54) is 11.1 Å². The highest BCUT2D eigenvalue weighted by molar-refractivity contribution is 5.76. The maximum absolute atomic E-state index is 4.57. The van der Waals surface area contributed by atoms with Crippen LogP contribution in [0.1, 0.15) is 25.2 Å². The molecule has 4 heteroatoms. The quantitative estimate of drug-likeness (QED) is 0.863. The second-order valence-corrected chi connectivity index (χ2v) is 5.78. The highest BCUT2D eigenvalue weighted by Gasteiger charge is 2.13. The monoisotopic (exact) mass is 260 g/mol. The Morgan fingerprint density at radius 2 is 2.05 bits per heavy atom. The summed E-state index contributed by atoms with van der Waals surface area (Å²) in [5.41, 5.74) is 3.66. The molecular weight excluding hydrogens is 236 g/mol. The van der Waals surface area contributed by atoms with Gasteiger partial charge < -0.3 is 15.2 Å². The molecule has 19 heavy (non-hydrogen) atoms. The highest BCUT2D eigenvalue weighted by Crippen LogP contribution is 2.16. The van der Waals surface area contributed by atoms with Crippen molar-refractivity contribution in [3.8, 4) is 0 Å². The van der Waals surface area contributed by atoms with Crippen LogP contribution in [-0.2, 0) is 13.6 Å². The fourth-order valence-corrected chi connectivity index (χ4v) is 2.08. The minimum Gasteiger partial charge on any atom is -0.331 e. The lowest BCUT2D eigenvalue weighted by Gasteiger charge is -2.24. The molecule has 0 atom stereocenters. The van der Waals surface area contributed by atoms with E-state index in [1.54, 1.807) is 0 Å². The van der Waals surface area contributed by atoms with Gasteiger partial charge in [-0.2, -0.15) is 0 Å². The van der Waals surface area contributed by atoms with Crippen LogP contribution >= 0.6 is 0 Å². The Hall–Kier alpha value is -1.39. The number of fused-ring (bicyclic) bond motifs is 1. The summed E-state index contributed by atoms with van der Waals surface area (Å²) in [4.78, 5) is 4.57. The number of imidazole rings is 1. The molecule has 0 saturated heterocycles. The first-order chi connectivity index (χ1) is 8.93. The van der Waals surface area contributed by atoms with Crippen molar-refractivity contribution >= 4 is 11.0 Å². The maximum atomic E-state index is 4.57. The van der Waals surface area contributed by atoms with E-state index in [4.69, 9.17) is 0 Å². The van der Waals surface area contributed by atoms with Crippen LogP contribution in [0.2, 0.25) is 0 Å². The van der Waals surface area contributed by atoms with Crippen molar-refractivity contribution < 1.29 is 0 Å². The van der Waals surface area contributed by atoms with E-state index in [9.17, 15) is 0 Å². The number of rotatable bonds is 5. The van der Waals surface area contributed by atoms with Crippen LogP contribution in [0.5, 0.6) is 0 Å². The summed E-state index contributed by atoms with van der Waals surface area (Å²) in [5, 5.41) is 6.77. The molecule has 1 heterocycles. The number of benzene rings is 1. The summed E-state index contributed by atoms with van der Waals surface area (Å²) in [6, 6.07) is 6.49. The van der Waals surface area contributed by atoms with Crippen LogP contribution in [0.25, 0.3) is 11.0 Å². The SMILES string of the molecule is CNC(C)(C)CNCc1ccc2c(c1)nc(C)n2C. The molecule has 4 nitrogen and oxygen atoms in total. The number of aryl methyl sites for hydroxylation is 2. The standard InChI is InChI=1S/C15H24N4/c1-11-18-13-8-12(6-7-14(13)19(11)5)9-17-10-15(2,3)16-4/h6-8,16-17H,9-10H2,1-5H3. The Morgan fingerprint density at radius 1 is 1.32 bits per heavy atom. The lowest BCUT2D eigenvalue weighted by atomic mass is 10.1. The van der Waals surface area contributed by atoms with Gasteiger partial charge in [-0.05, 0) is 45.5 Å². The number of hydrogen-bond acceptors (Lipinski definition) is 3. The molecule has 0 aliphatic rings. The van der Waals surface area contributed by atoms with Crippen molar-refractivity contribution in [2.45, 2.75) is 32.9 Å². The highest BCUT2D eigenvalue weighted by atomic mass is 15.0. The first-order valence-electron chi connectivity index (χ1n) is 6.74. The molecule has 0 saturated carbocycles. The second kappa shape index (κ2) is 5.31. The Kier molecular flexibility index (Phi) is 3.92. The number of hydrogen-bond donors (Lipinski definition) is 2. The van der Waals surface area contributed by atoms with Crippen molar-refractivity contribution in [1.29, 1.82) is 0 Å². The van der Waals surface area contributed by atoms with E-state index in [0.717, 1.165) is 24.4 Å². The fourth-order valence-electron chi connectivity index (χ4n) is 2.08. The molecule has 1 aromatic heterocycles. The minimum atomic E-state index is 0.117. The van der Waals surface area contributed by atoms with E-state index in [-0.39, 0.29) is 5.54 Å². The maximum Gasteiger partial charge on any atom is 0.106 e. The van der Waals surface area contributed by atoms with Gasteiger partial charge in [0.05, 0.1) is 11.0 Å². The van der Waals surface area contributed by atoms with E-state index in [0.29, 0.717) is 0 Å². The molecule has 0 bridgehead atoms. The Labute approximate surface area is 115 Å². The van der Waals surface area contributed by atoms with E-state index in [2.05, 4.69) is 59.3 Å². The molecule has 0 spiro atoms. The van der Waals surface area contributed by atoms with Crippen molar-refractivity contribution in [3.63, 3.8) is 0 Å². The molecule has 1 aromatic carbocycles. The van der Waals surface area contributed by atoms with E-state index >= 15 is 0 Å². The predicted molar refractivity (Wildman–Crippen MR) is 80.3 cm³/mol. The van der Waals surface area contributed by atoms with Crippen LogP contribution in [0.3, 0.4) is 0 Å². The third kappa shape index (κ3) is 3.14. The summed E-state index contributed by atoms with van der Waals surface area (Å²) in [5.74, 6) is 1.05. The van der Waals surface area contributed by atoms with Crippen LogP contribution < -0.4 is 10.6 Å². The molecule has 2 rings (SSSR count). The zero-order chi connectivity index (χ0) is 14.0. The van der Waals surface area contributed by atoms with Gasteiger partial charge in [-0.3, -0.25) is 0 Å². The summed E-state index contributed by atoms with van der Waals surface area (Å²) in [6.07, 6.45) is 0. The van der Waals surface area contributed by atoms with Gasteiger partial charge in [-0.1, -0.05) is 6.07 Å². The van der Waals surface area contributed by atoms with Gasteiger partial charge in [0.2, 0.25) is 0 Å².